The smallest absolute Gasteiger partial charge is 0.462 e. The monoisotopic (exact) mass is 1450 g/mol. The number of phosphoric acid groups is 2. The third-order valence-electron chi connectivity index (χ3n) is 18.8. The van der Waals surface area contributed by atoms with Gasteiger partial charge in [0.05, 0.1) is 26.4 Å². The fraction of sp³-hybridized carbons (Fsp3) is 0.950. The summed E-state index contributed by atoms with van der Waals surface area (Å²) in [6.45, 7) is 7.25. The van der Waals surface area contributed by atoms with Crippen molar-refractivity contribution in [3.8, 4) is 0 Å². The van der Waals surface area contributed by atoms with Gasteiger partial charge in [-0.25, -0.2) is 9.13 Å². The molecule has 0 bridgehead atoms. The van der Waals surface area contributed by atoms with Crippen LogP contribution < -0.4 is 0 Å². The molecular weight excluding hydrogens is 1290 g/mol. The van der Waals surface area contributed by atoms with Gasteiger partial charge in [0.15, 0.2) is 12.2 Å². The molecule has 588 valence electrons. The normalized spacial score (nSPS) is 13.9. The van der Waals surface area contributed by atoms with Crippen molar-refractivity contribution >= 4 is 39.5 Å². The molecule has 19 heteroatoms. The summed E-state index contributed by atoms with van der Waals surface area (Å²) in [5.74, 6) is -1.43. The number of ether oxygens (including phenoxy) is 4. The van der Waals surface area contributed by atoms with Crippen LogP contribution >= 0.6 is 15.6 Å². The molecule has 0 aliphatic heterocycles. The predicted octanol–water partition coefficient (Wildman–Crippen LogP) is 24.0. The summed E-state index contributed by atoms with van der Waals surface area (Å²) < 4.78 is 68.7. The van der Waals surface area contributed by atoms with Gasteiger partial charge in [0, 0.05) is 25.7 Å². The molecule has 0 aliphatic rings. The van der Waals surface area contributed by atoms with E-state index in [0.29, 0.717) is 31.6 Å². The van der Waals surface area contributed by atoms with Crippen molar-refractivity contribution < 1.29 is 80.2 Å². The standard InChI is InChI=1S/C80H156O17P2/c1-6-9-12-15-18-21-24-27-30-33-36-38-41-44-47-53-58-63-77(82)90-69-75(96-79(84)65-61-56-49-46-43-40-37-34-31-28-25-22-19-16-13-10-7-2)71-94-98(86,87)92-67-74(81)68-93-99(88,89)95-72-76(70-91-78(83)64-59-54-51-50-52-57-62-73(4)5)97-80(85)66-60-55-48-45-42-39-35-32-29-26-23-20-17-14-11-8-3/h73-76,81H,6-72H2,1-5H3,(H,86,87)(H,88,89)/t74-,75-,76-/m1/s1. The number of carbonyl (C=O) groups excluding carboxylic acids is 4. The second-order valence-electron chi connectivity index (χ2n) is 29.3. The van der Waals surface area contributed by atoms with E-state index in [1.54, 1.807) is 0 Å². The van der Waals surface area contributed by atoms with Crippen molar-refractivity contribution in [2.24, 2.45) is 5.92 Å². The highest BCUT2D eigenvalue weighted by molar-refractivity contribution is 7.47. The summed E-state index contributed by atoms with van der Waals surface area (Å²) in [7, 11) is -9.92. The van der Waals surface area contributed by atoms with Gasteiger partial charge in [0.2, 0.25) is 0 Å². The lowest BCUT2D eigenvalue weighted by atomic mass is 10.0. The number of carbonyl (C=O) groups is 4. The summed E-state index contributed by atoms with van der Waals surface area (Å²) in [6.07, 6.45) is 63.9. The van der Waals surface area contributed by atoms with Crippen LogP contribution in [0.5, 0.6) is 0 Å². The fourth-order valence-electron chi connectivity index (χ4n) is 12.4. The van der Waals surface area contributed by atoms with Crippen molar-refractivity contribution in [2.45, 2.75) is 445 Å². The van der Waals surface area contributed by atoms with Crippen molar-refractivity contribution in [1.82, 2.24) is 0 Å². The molecule has 0 aromatic heterocycles. The van der Waals surface area contributed by atoms with Gasteiger partial charge in [-0.15, -0.1) is 0 Å². The zero-order valence-corrected chi connectivity index (χ0v) is 66.4. The van der Waals surface area contributed by atoms with E-state index in [1.165, 1.54) is 244 Å². The van der Waals surface area contributed by atoms with Crippen LogP contribution in [0, 0.1) is 5.92 Å². The Balaban J connectivity index is 5.22. The Morgan fingerprint density at radius 2 is 0.465 bits per heavy atom. The maximum atomic E-state index is 13.1. The Morgan fingerprint density at radius 1 is 0.273 bits per heavy atom. The Hall–Kier alpha value is -1.94. The molecule has 0 saturated heterocycles. The van der Waals surface area contributed by atoms with E-state index in [2.05, 4.69) is 34.6 Å². The van der Waals surface area contributed by atoms with E-state index in [0.717, 1.165) is 96.3 Å². The van der Waals surface area contributed by atoms with Gasteiger partial charge in [0.25, 0.3) is 0 Å². The van der Waals surface area contributed by atoms with Crippen LogP contribution in [-0.4, -0.2) is 96.7 Å². The first-order valence-corrected chi connectivity index (χ1v) is 44.6. The molecule has 99 heavy (non-hydrogen) atoms. The number of aliphatic hydroxyl groups excluding tert-OH is 1. The van der Waals surface area contributed by atoms with Crippen LogP contribution in [0.1, 0.15) is 426 Å². The SMILES string of the molecule is CCCCCCCCCCCCCCCCCCCC(=O)OC[C@H](COP(=O)(O)OC[C@@H](O)COP(=O)(O)OC[C@@H](COC(=O)CCCCCCCCC(C)C)OC(=O)CCCCCCCCCCCCCCCCCC)OC(=O)CCCCCCCCCCCCCCCCCCC. The zero-order valence-electron chi connectivity index (χ0n) is 64.6. The number of hydrogen-bond acceptors (Lipinski definition) is 15. The minimum absolute atomic E-state index is 0.108. The topological polar surface area (TPSA) is 237 Å². The average Bonchev–Trinajstić information content (AvgIpc) is 1.04. The van der Waals surface area contributed by atoms with Gasteiger partial charge >= 0.3 is 39.5 Å². The van der Waals surface area contributed by atoms with Crippen LogP contribution in [-0.2, 0) is 65.4 Å². The first kappa shape index (κ1) is 97.1. The van der Waals surface area contributed by atoms with Crippen molar-refractivity contribution in [3.63, 3.8) is 0 Å². The van der Waals surface area contributed by atoms with Crippen LogP contribution in [0.4, 0.5) is 0 Å². The summed E-state index contributed by atoms with van der Waals surface area (Å²) >= 11 is 0. The van der Waals surface area contributed by atoms with Gasteiger partial charge < -0.3 is 33.8 Å². The Labute approximate surface area is 607 Å². The van der Waals surface area contributed by atoms with E-state index in [9.17, 15) is 43.2 Å². The lowest BCUT2D eigenvalue weighted by Gasteiger charge is -2.21. The molecule has 0 spiro atoms. The van der Waals surface area contributed by atoms with Gasteiger partial charge in [-0.05, 0) is 31.6 Å². The molecule has 0 fully saturated rings. The van der Waals surface area contributed by atoms with Gasteiger partial charge in [-0.1, -0.05) is 375 Å². The summed E-state index contributed by atoms with van der Waals surface area (Å²) in [5.41, 5.74) is 0. The minimum Gasteiger partial charge on any atom is -0.462 e. The van der Waals surface area contributed by atoms with Gasteiger partial charge in [-0.2, -0.15) is 0 Å². The highest BCUT2D eigenvalue weighted by atomic mass is 31.2. The van der Waals surface area contributed by atoms with Crippen LogP contribution in [0.15, 0.2) is 0 Å². The number of rotatable bonds is 80. The van der Waals surface area contributed by atoms with Gasteiger partial charge in [0.1, 0.15) is 19.3 Å². The third-order valence-corrected chi connectivity index (χ3v) is 20.7. The van der Waals surface area contributed by atoms with E-state index in [-0.39, 0.29) is 25.7 Å². The molecule has 0 radical (unpaired) electrons. The largest absolute Gasteiger partial charge is 0.472 e. The number of esters is 4. The molecule has 0 amide bonds. The summed E-state index contributed by atoms with van der Waals surface area (Å²) in [6, 6.07) is 0. The highest BCUT2D eigenvalue weighted by Gasteiger charge is 2.30. The van der Waals surface area contributed by atoms with Gasteiger partial charge in [-0.3, -0.25) is 37.3 Å². The molecule has 5 atom stereocenters. The Kier molecular flexibility index (Phi) is 71.6. The predicted molar refractivity (Wildman–Crippen MR) is 405 cm³/mol. The maximum absolute atomic E-state index is 13.1. The highest BCUT2D eigenvalue weighted by Crippen LogP contribution is 2.45. The molecule has 0 heterocycles. The Bertz CT molecular complexity index is 1890. The Morgan fingerprint density at radius 3 is 0.687 bits per heavy atom. The number of phosphoric ester groups is 2. The average molecular weight is 1450 g/mol. The maximum Gasteiger partial charge on any atom is 0.472 e. The molecule has 0 aliphatic carbocycles. The second-order valence-corrected chi connectivity index (χ2v) is 32.2. The lowest BCUT2D eigenvalue weighted by Crippen LogP contribution is -2.30. The number of hydrogen-bond donors (Lipinski definition) is 3. The zero-order chi connectivity index (χ0) is 72.7. The molecule has 17 nitrogen and oxygen atoms in total. The molecule has 0 saturated carbocycles. The molecule has 2 unspecified atom stereocenters. The summed E-state index contributed by atoms with van der Waals surface area (Å²) in [4.78, 5) is 73.0. The van der Waals surface area contributed by atoms with E-state index < -0.39 is 97.5 Å². The van der Waals surface area contributed by atoms with Crippen LogP contribution in [0.2, 0.25) is 0 Å². The summed E-state index contributed by atoms with van der Waals surface area (Å²) in [5, 5.41) is 10.6. The second kappa shape index (κ2) is 73.0. The third kappa shape index (κ3) is 74.1. The van der Waals surface area contributed by atoms with Crippen molar-refractivity contribution in [2.75, 3.05) is 39.6 Å². The van der Waals surface area contributed by atoms with Crippen molar-refractivity contribution in [3.05, 3.63) is 0 Å². The van der Waals surface area contributed by atoms with E-state index in [4.69, 9.17) is 37.0 Å². The first-order valence-electron chi connectivity index (χ1n) is 41.6. The molecule has 0 aromatic rings. The lowest BCUT2D eigenvalue weighted by molar-refractivity contribution is -0.161. The fourth-order valence-corrected chi connectivity index (χ4v) is 14.0. The number of aliphatic hydroxyl groups is 1. The van der Waals surface area contributed by atoms with Crippen molar-refractivity contribution in [1.29, 1.82) is 0 Å². The first-order chi connectivity index (χ1) is 48.0. The molecular formula is C80H156O17P2. The quantitative estimate of drug-likeness (QED) is 0.0222. The minimum atomic E-state index is -4.96. The molecule has 3 N–H and O–H groups in total. The van der Waals surface area contributed by atoms with E-state index in [1.807, 2.05) is 0 Å². The number of unbranched alkanes of at least 4 members (excludes halogenated alkanes) is 52. The van der Waals surface area contributed by atoms with Crippen LogP contribution in [0.3, 0.4) is 0 Å². The molecule has 0 aromatic carbocycles. The molecule has 0 rings (SSSR count). The van der Waals surface area contributed by atoms with Crippen LogP contribution in [0.25, 0.3) is 0 Å². The van der Waals surface area contributed by atoms with E-state index >= 15 is 0 Å².